The minimum absolute atomic E-state index is 0.252. The van der Waals surface area contributed by atoms with Crippen LogP contribution in [0.2, 0.25) is 0 Å². The zero-order chi connectivity index (χ0) is 18.6. The van der Waals surface area contributed by atoms with Crippen LogP contribution in [-0.2, 0) is 4.79 Å². The van der Waals surface area contributed by atoms with Crippen LogP contribution in [0.3, 0.4) is 0 Å². The molecule has 0 saturated heterocycles. The first-order valence-corrected chi connectivity index (χ1v) is 8.29. The number of hydrogen-bond acceptors (Lipinski definition) is 4. The molecule has 6 heteroatoms. The van der Waals surface area contributed by atoms with Crippen LogP contribution in [0.25, 0.3) is 11.4 Å². The highest BCUT2D eigenvalue weighted by molar-refractivity contribution is 5.97. The van der Waals surface area contributed by atoms with E-state index in [-0.39, 0.29) is 11.8 Å². The second-order valence-electron chi connectivity index (χ2n) is 6.61. The topological polar surface area (TPSA) is 98.0 Å². The first kappa shape index (κ1) is 18.6. The maximum Gasteiger partial charge on any atom is 0.251 e. The molecule has 0 unspecified atom stereocenters. The molecule has 25 heavy (non-hydrogen) atoms. The van der Waals surface area contributed by atoms with Crippen molar-refractivity contribution in [1.29, 1.82) is 0 Å². The van der Waals surface area contributed by atoms with E-state index in [2.05, 4.69) is 15.3 Å². The molecule has 0 radical (unpaired) electrons. The Morgan fingerprint density at radius 3 is 2.12 bits per heavy atom. The highest BCUT2D eigenvalue weighted by atomic mass is 16.2. The van der Waals surface area contributed by atoms with Gasteiger partial charge in [-0.2, -0.15) is 0 Å². The van der Waals surface area contributed by atoms with E-state index >= 15 is 0 Å². The van der Waals surface area contributed by atoms with Gasteiger partial charge in [0.1, 0.15) is 6.04 Å². The van der Waals surface area contributed by atoms with E-state index in [1.807, 2.05) is 33.8 Å². The second kappa shape index (κ2) is 7.88. The third-order valence-electron chi connectivity index (χ3n) is 3.74. The van der Waals surface area contributed by atoms with Gasteiger partial charge in [-0.3, -0.25) is 9.59 Å². The lowest BCUT2D eigenvalue weighted by atomic mass is 10.0. The fourth-order valence-electron chi connectivity index (χ4n) is 2.58. The first-order valence-electron chi connectivity index (χ1n) is 8.29. The van der Waals surface area contributed by atoms with Gasteiger partial charge in [-0.05, 0) is 44.4 Å². The van der Waals surface area contributed by atoms with Crippen LogP contribution in [0.1, 0.15) is 42.0 Å². The quantitative estimate of drug-likeness (QED) is 0.843. The van der Waals surface area contributed by atoms with Gasteiger partial charge in [-0.15, -0.1) is 0 Å². The molecular formula is C19H24N4O2. The lowest BCUT2D eigenvalue weighted by molar-refractivity contribution is -0.120. The van der Waals surface area contributed by atoms with Gasteiger partial charge in [0.2, 0.25) is 5.91 Å². The fourth-order valence-corrected chi connectivity index (χ4v) is 2.58. The van der Waals surface area contributed by atoms with E-state index in [0.29, 0.717) is 17.8 Å². The number of nitrogens with zero attached hydrogens (tertiary/aromatic N) is 2. The molecule has 0 aliphatic carbocycles. The van der Waals surface area contributed by atoms with Crippen molar-refractivity contribution in [1.82, 2.24) is 15.3 Å². The van der Waals surface area contributed by atoms with Crippen LogP contribution in [0.15, 0.2) is 30.3 Å². The Bertz CT molecular complexity index is 749. The van der Waals surface area contributed by atoms with Crippen molar-refractivity contribution in [2.75, 3.05) is 0 Å². The third kappa shape index (κ3) is 5.11. The Morgan fingerprint density at radius 2 is 1.64 bits per heavy atom. The molecule has 1 atom stereocenters. The summed E-state index contributed by atoms with van der Waals surface area (Å²) in [7, 11) is 0. The summed E-state index contributed by atoms with van der Waals surface area (Å²) in [6.07, 6.45) is 0.509. The Balaban J connectivity index is 2.15. The Labute approximate surface area is 147 Å². The molecule has 1 aromatic carbocycles. The summed E-state index contributed by atoms with van der Waals surface area (Å²) in [6, 6.07) is 8.22. The van der Waals surface area contributed by atoms with E-state index in [1.54, 1.807) is 24.3 Å². The highest BCUT2D eigenvalue weighted by Crippen LogP contribution is 2.17. The molecule has 2 aromatic rings. The minimum atomic E-state index is -0.671. The van der Waals surface area contributed by atoms with Crippen molar-refractivity contribution in [3.8, 4) is 11.4 Å². The van der Waals surface area contributed by atoms with Gasteiger partial charge in [-0.25, -0.2) is 9.97 Å². The van der Waals surface area contributed by atoms with Crippen molar-refractivity contribution in [2.45, 2.75) is 40.2 Å². The van der Waals surface area contributed by atoms with Gasteiger partial charge >= 0.3 is 0 Å². The summed E-state index contributed by atoms with van der Waals surface area (Å²) in [5.41, 5.74) is 8.44. The van der Waals surface area contributed by atoms with Crippen LogP contribution in [0.5, 0.6) is 0 Å². The molecule has 0 spiro atoms. The molecule has 0 aliphatic rings. The predicted molar refractivity (Wildman–Crippen MR) is 96.8 cm³/mol. The lowest BCUT2D eigenvalue weighted by Crippen LogP contribution is -2.45. The van der Waals surface area contributed by atoms with Gasteiger partial charge in [0.05, 0.1) is 0 Å². The summed E-state index contributed by atoms with van der Waals surface area (Å²) >= 11 is 0. The molecule has 0 saturated carbocycles. The Morgan fingerprint density at radius 1 is 1.08 bits per heavy atom. The van der Waals surface area contributed by atoms with Crippen molar-refractivity contribution in [3.05, 3.63) is 47.3 Å². The van der Waals surface area contributed by atoms with Gasteiger partial charge in [-0.1, -0.05) is 26.0 Å². The van der Waals surface area contributed by atoms with Crippen molar-refractivity contribution in [3.63, 3.8) is 0 Å². The maximum absolute atomic E-state index is 12.3. The smallest absolute Gasteiger partial charge is 0.251 e. The summed E-state index contributed by atoms with van der Waals surface area (Å²) in [5, 5.41) is 2.70. The van der Waals surface area contributed by atoms with Crippen molar-refractivity contribution >= 4 is 11.8 Å². The molecular weight excluding hydrogens is 316 g/mol. The monoisotopic (exact) mass is 340 g/mol. The van der Waals surface area contributed by atoms with Gasteiger partial charge in [0, 0.05) is 22.5 Å². The largest absolute Gasteiger partial charge is 0.368 e. The van der Waals surface area contributed by atoms with E-state index in [9.17, 15) is 9.59 Å². The number of carbonyl (C=O) groups is 2. The number of rotatable bonds is 6. The molecule has 3 N–H and O–H groups in total. The van der Waals surface area contributed by atoms with Crippen LogP contribution in [0.4, 0.5) is 0 Å². The number of nitrogens with two attached hydrogens (primary N) is 1. The summed E-state index contributed by atoms with van der Waals surface area (Å²) in [5.74, 6) is 0.0285. The standard InChI is InChI=1S/C19H24N4O2/c1-11(2)9-16(17(20)24)23-19(25)15-7-5-14(6-8-15)18-21-12(3)10-13(4)22-18/h5-8,10-11,16H,9H2,1-4H3,(H2,20,24)(H,23,25)/t16-/m0/s1. The minimum Gasteiger partial charge on any atom is -0.368 e. The average Bonchev–Trinajstić information content (AvgIpc) is 2.53. The molecule has 6 nitrogen and oxygen atoms in total. The number of nitrogens with one attached hydrogen (secondary N) is 1. The number of primary amides is 1. The second-order valence-corrected chi connectivity index (χ2v) is 6.61. The number of aryl methyl sites for hydroxylation is 2. The number of aromatic nitrogens is 2. The van der Waals surface area contributed by atoms with E-state index < -0.39 is 11.9 Å². The summed E-state index contributed by atoms with van der Waals surface area (Å²) in [6.45, 7) is 7.78. The SMILES string of the molecule is Cc1cc(C)nc(-c2ccc(C(=O)N[C@@H](CC(C)C)C(N)=O)cc2)n1. The van der Waals surface area contributed by atoms with Crippen LogP contribution < -0.4 is 11.1 Å². The third-order valence-corrected chi connectivity index (χ3v) is 3.74. The van der Waals surface area contributed by atoms with E-state index in [0.717, 1.165) is 17.0 Å². The van der Waals surface area contributed by atoms with Gasteiger partial charge in [0.25, 0.3) is 5.91 Å². The molecule has 1 aromatic heterocycles. The van der Waals surface area contributed by atoms with Crippen LogP contribution in [0, 0.1) is 19.8 Å². The van der Waals surface area contributed by atoms with E-state index in [1.165, 1.54) is 0 Å². The normalized spacial score (nSPS) is 12.0. The number of carbonyl (C=O) groups excluding carboxylic acids is 2. The van der Waals surface area contributed by atoms with Gasteiger partial charge in [0.15, 0.2) is 5.82 Å². The lowest BCUT2D eigenvalue weighted by Gasteiger charge is -2.17. The predicted octanol–water partition coefficient (Wildman–Crippen LogP) is 2.39. The zero-order valence-corrected chi connectivity index (χ0v) is 15.0. The van der Waals surface area contributed by atoms with Crippen LogP contribution in [-0.4, -0.2) is 27.8 Å². The zero-order valence-electron chi connectivity index (χ0n) is 15.0. The number of hydrogen-bond donors (Lipinski definition) is 2. The van der Waals surface area contributed by atoms with Crippen LogP contribution >= 0.6 is 0 Å². The van der Waals surface area contributed by atoms with E-state index in [4.69, 9.17) is 5.73 Å². The van der Waals surface area contributed by atoms with Crippen molar-refractivity contribution < 1.29 is 9.59 Å². The molecule has 0 aliphatic heterocycles. The van der Waals surface area contributed by atoms with Crippen molar-refractivity contribution in [2.24, 2.45) is 11.7 Å². The number of amides is 2. The average molecular weight is 340 g/mol. The molecule has 1 heterocycles. The maximum atomic E-state index is 12.3. The first-order chi connectivity index (χ1) is 11.8. The molecule has 0 bridgehead atoms. The highest BCUT2D eigenvalue weighted by Gasteiger charge is 2.20. The summed E-state index contributed by atoms with van der Waals surface area (Å²) in [4.78, 5) is 32.7. The summed E-state index contributed by atoms with van der Waals surface area (Å²) < 4.78 is 0. The molecule has 0 fully saturated rings. The molecule has 132 valence electrons. The fraction of sp³-hybridized carbons (Fsp3) is 0.368. The van der Waals surface area contributed by atoms with Gasteiger partial charge < -0.3 is 11.1 Å². The Hall–Kier alpha value is -2.76. The Kier molecular flexibility index (Phi) is 5.85. The molecule has 2 rings (SSSR count). The number of benzene rings is 1. The molecule has 2 amide bonds.